The molecule has 134 valence electrons. The molecule has 3 aromatic rings. The maximum Gasteiger partial charge on any atom is 0.233 e. The first-order valence-corrected chi connectivity index (χ1v) is 7.98. The number of nitrogens with one attached hydrogen (secondary N) is 3. The smallest absolute Gasteiger partial charge is 0.233 e. The van der Waals surface area contributed by atoms with Crippen molar-refractivity contribution in [2.45, 2.75) is 0 Å². The fraction of sp³-hybridized carbons (Fsp3) is 0.118. The highest BCUT2D eigenvalue weighted by molar-refractivity contribution is 5.63. The molecule has 0 amide bonds. The summed E-state index contributed by atoms with van der Waals surface area (Å²) >= 11 is 0. The second-order valence-corrected chi connectivity index (χ2v) is 5.46. The maximum atomic E-state index is 9.00. The summed E-state index contributed by atoms with van der Waals surface area (Å²) in [4.78, 5) is 13.0. The molecule has 1 aromatic heterocycles. The van der Waals surface area contributed by atoms with Gasteiger partial charge in [-0.15, -0.1) is 0 Å². The SMILES string of the molecule is Nc1cccc(Nc2nc(NCCO)nc(Nc3cccc(N)c3)n2)c1. The Hall–Kier alpha value is -3.59. The van der Waals surface area contributed by atoms with Gasteiger partial charge in [0.05, 0.1) is 6.61 Å². The summed E-state index contributed by atoms with van der Waals surface area (Å²) in [6.07, 6.45) is 0. The average molecular weight is 352 g/mol. The van der Waals surface area contributed by atoms with E-state index in [0.29, 0.717) is 35.8 Å². The van der Waals surface area contributed by atoms with Gasteiger partial charge in [0.2, 0.25) is 17.8 Å². The average Bonchev–Trinajstić information content (AvgIpc) is 2.60. The van der Waals surface area contributed by atoms with E-state index in [1.165, 1.54) is 0 Å². The second-order valence-electron chi connectivity index (χ2n) is 5.46. The van der Waals surface area contributed by atoms with Crippen LogP contribution in [0, 0.1) is 0 Å². The van der Waals surface area contributed by atoms with Crippen molar-refractivity contribution in [3.05, 3.63) is 48.5 Å². The number of anilines is 7. The first-order chi connectivity index (χ1) is 12.6. The minimum Gasteiger partial charge on any atom is -0.399 e. The quantitative estimate of drug-likeness (QED) is 0.351. The third kappa shape index (κ3) is 4.71. The Morgan fingerprint density at radius 3 is 1.73 bits per heavy atom. The highest BCUT2D eigenvalue weighted by Crippen LogP contribution is 2.20. The number of aliphatic hydroxyl groups excluding tert-OH is 1. The van der Waals surface area contributed by atoms with Gasteiger partial charge < -0.3 is 32.5 Å². The van der Waals surface area contributed by atoms with Crippen LogP contribution in [0.2, 0.25) is 0 Å². The van der Waals surface area contributed by atoms with Gasteiger partial charge in [-0.25, -0.2) is 0 Å². The lowest BCUT2D eigenvalue weighted by molar-refractivity contribution is 0.311. The lowest BCUT2D eigenvalue weighted by Gasteiger charge is -2.11. The van der Waals surface area contributed by atoms with Gasteiger partial charge in [-0.05, 0) is 36.4 Å². The van der Waals surface area contributed by atoms with Crippen LogP contribution in [0.15, 0.2) is 48.5 Å². The molecule has 0 saturated heterocycles. The van der Waals surface area contributed by atoms with E-state index < -0.39 is 0 Å². The normalized spacial score (nSPS) is 10.3. The fourth-order valence-electron chi connectivity index (χ4n) is 2.23. The number of nitrogens with two attached hydrogens (primary N) is 2. The lowest BCUT2D eigenvalue weighted by Crippen LogP contribution is -2.12. The van der Waals surface area contributed by atoms with Crippen LogP contribution in [0.5, 0.6) is 0 Å². The number of hydrogen-bond donors (Lipinski definition) is 6. The standard InChI is InChI=1S/C17H20N8O/c18-11-3-1-5-13(9-11)21-16-23-15(20-7-8-26)24-17(25-16)22-14-6-2-4-12(19)10-14/h1-6,9-10,26H,7-8,18-19H2,(H3,20,21,22,23,24,25). The van der Waals surface area contributed by atoms with Crippen LogP contribution in [-0.2, 0) is 0 Å². The van der Waals surface area contributed by atoms with E-state index in [4.69, 9.17) is 16.6 Å². The van der Waals surface area contributed by atoms with Crippen LogP contribution in [0.4, 0.5) is 40.6 Å². The molecule has 0 unspecified atom stereocenters. The molecule has 2 aromatic carbocycles. The maximum absolute atomic E-state index is 9.00. The van der Waals surface area contributed by atoms with Crippen LogP contribution in [0.3, 0.4) is 0 Å². The third-order valence-electron chi connectivity index (χ3n) is 3.32. The second kappa shape index (κ2) is 7.99. The molecule has 9 heteroatoms. The number of aliphatic hydroxyl groups is 1. The summed E-state index contributed by atoms with van der Waals surface area (Å²) in [5.74, 6) is 0.988. The molecular weight excluding hydrogens is 332 g/mol. The van der Waals surface area contributed by atoms with Gasteiger partial charge in [-0.2, -0.15) is 15.0 Å². The van der Waals surface area contributed by atoms with Crippen LogP contribution < -0.4 is 27.4 Å². The van der Waals surface area contributed by atoms with E-state index in [1.807, 2.05) is 24.3 Å². The van der Waals surface area contributed by atoms with Crippen molar-refractivity contribution >= 4 is 40.6 Å². The molecule has 0 aliphatic carbocycles. The molecule has 0 atom stereocenters. The predicted molar refractivity (Wildman–Crippen MR) is 104 cm³/mol. The van der Waals surface area contributed by atoms with Gasteiger partial charge >= 0.3 is 0 Å². The van der Waals surface area contributed by atoms with Crippen molar-refractivity contribution < 1.29 is 5.11 Å². The largest absolute Gasteiger partial charge is 0.399 e. The molecule has 0 aliphatic heterocycles. The summed E-state index contributed by atoms with van der Waals surface area (Å²) < 4.78 is 0. The van der Waals surface area contributed by atoms with Crippen LogP contribution in [0.25, 0.3) is 0 Å². The Morgan fingerprint density at radius 2 is 1.27 bits per heavy atom. The Bertz CT molecular complexity index is 820. The molecule has 0 aliphatic rings. The lowest BCUT2D eigenvalue weighted by atomic mass is 10.3. The molecular formula is C17H20N8O. The Labute approximate surface area is 150 Å². The van der Waals surface area contributed by atoms with E-state index >= 15 is 0 Å². The van der Waals surface area contributed by atoms with E-state index in [9.17, 15) is 0 Å². The number of hydrogen-bond acceptors (Lipinski definition) is 9. The van der Waals surface area contributed by atoms with E-state index in [0.717, 1.165) is 11.4 Å². The first kappa shape index (κ1) is 17.2. The molecule has 1 heterocycles. The minimum absolute atomic E-state index is 0.0400. The molecule has 9 nitrogen and oxygen atoms in total. The molecule has 8 N–H and O–H groups in total. The van der Waals surface area contributed by atoms with Gasteiger partial charge in [-0.1, -0.05) is 12.1 Å². The number of benzene rings is 2. The molecule has 0 fully saturated rings. The van der Waals surface area contributed by atoms with Gasteiger partial charge in [0.15, 0.2) is 0 Å². The topological polar surface area (TPSA) is 147 Å². The van der Waals surface area contributed by atoms with Crippen molar-refractivity contribution in [1.29, 1.82) is 0 Å². The number of aromatic nitrogens is 3. The fourth-order valence-corrected chi connectivity index (χ4v) is 2.23. The molecule has 0 radical (unpaired) electrons. The third-order valence-corrected chi connectivity index (χ3v) is 3.32. The summed E-state index contributed by atoms with van der Waals surface area (Å²) in [5, 5.41) is 18.1. The highest BCUT2D eigenvalue weighted by Gasteiger charge is 2.08. The zero-order valence-corrected chi connectivity index (χ0v) is 14.0. The first-order valence-electron chi connectivity index (χ1n) is 7.98. The van der Waals surface area contributed by atoms with Crippen LogP contribution >= 0.6 is 0 Å². The molecule has 0 spiro atoms. The monoisotopic (exact) mass is 352 g/mol. The minimum atomic E-state index is -0.0400. The van der Waals surface area contributed by atoms with E-state index in [1.54, 1.807) is 24.3 Å². The number of rotatable bonds is 7. The van der Waals surface area contributed by atoms with Gasteiger partial charge in [0, 0.05) is 29.3 Å². The number of nitrogens with zero attached hydrogens (tertiary/aromatic N) is 3. The molecule has 26 heavy (non-hydrogen) atoms. The van der Waals surface area contributed by atoms with E-state index in [-0.39, 0.29) is 6.61 Å². The Balaban J connectivity index is 1.87. The Morgan fingerprint density at radius 1 is 0.769 bits per heavy atom. The summed E-state index contributed by atoms with van der Waals surface area (Å²) in [5.41, 5.74) is 14.3. The zero-order valence-electron chi connectivity index (χ0n) is 14.0. The summed E-state index contributed by atoms with van der Waals surface area (Å²) in [7, 11) is 0. The zero-order chi connectivity index (χ0) is 18.4. The molecule has 3 rings (SSSR count). The van der Waals surface area contributed by atoms with Crippen molar-refractivity contribution in [2.24, 2.45) is 0 Å². The van der Waals surface area contributed by atoms with Gasteiger partial charge in [-0.3, -0.25) is 0 Å². The summed E-state index contributed by atoms with van der Waals surface area (Å²) in [6, 6.07) is 14.5. The predicted octanol–water partition coefficient (Wildman–Crippen LogP) is 1.93. The van der Waals surface area contributed by atoms with Gasteiger partial charge in [0.25, 0.3) is 0 Å². The number of nitrogen functional groups attached to an aromatic ring is 2. The molecule has 0 saturated carbocycles. The van der Waals surface area contributed by atoms with Crippen molar-refractivity contribution in [1.82, 2.24) is 15.0 Å². The van der Waals surface area contributed by atoms with Crippen LogP contribution in [-0.4, -0.2) is 33.2 Å². The Kier molecular flexibility index (Phi) is 5.30. The van der Waals surface area contributed by atoms with E-state index in [2.05, 4.69) is 30.9 Å². The van der Waals surface area contributed by atoms with Gasteiger partial charge in [0.1, 0.15) is 0 Å². The van der Waals surface area contributed by atoms with Crippen LogP contribution in [0.1, 0.15) is 0 Å². The van der Waals surface area contributed by atoms with Crippen molar-refractivity contribution in [3.63, 3.8) is 0 Å². The molecule has 0 bridgehead atoms. The van der Waals surface area contributed by atoms with Crippen molar-refractivity contribution in [3.8, 4) is 0 Å². The van der Waals surface area contributed by atoms with Crippen molar-refractivity contribution in [2.75, 3.05) is 40.6 Å². The highest BCUT2D eigenvalue weighted by atomic mass is 16.3. The summed E-state index contributed by atoms with van der Waals surface area (Å²) in [6.45, 7) is 0.279.